The predicted octanol–water partition coefficient (Wildman–Crippen LogP) is 1.81. The molecule has 0 amide bonds. The molecular weight excluding hydrogens is 312 g/mol. The van der Waals surface area contributed by atoms with Gasteiger partial charge in [0.15, 0.2) is 5.78 Å². The van der Waals surface area contributed by atoms with Gasteiger partial charge >= 0.3 is 0 Å². The fraction of sp³-hybridized carbons (Fsp3) is 0.500. The van der Waals surface area contributed by atoms with Crippen LogP contribution >= 0.6 is 12.4 Å². The molecule has 1 saturated heterocycles. The topological polar surface area (TPSA) is 80.5 Å². The first-order valence-corrected chi connectivity index (χ1v) is 8.23. The van der Waals surface area contributed by atoms with Crippen LogP contribution in [0.3, 0.4) is 0 Å². The summed E-state index contributed by atoms with van der Waals surface area (Å²) in [5.41, 5.74) is 6.10. The highest BCUT2D eigenvalue weighted by molar-refractivity contribution is 7.89. The Labute approximate surface area is 132 Å². The second kappa shape index (κ2) is 7.35. The number of nitrogens with two attached hydrogens (primary N) is 1. The molecule has 1 aliphatic heterocycles. The number of hydrogen-bond acceptors (Lipinski definition) is 4. The molecule has 118 valence electrons. The van der Waals surface area contributed by atoms with Crippen LogP contribution < -0.4 is 5.73 Å². The Hall–Kier alpha value is -0.950. The zero-order valence-electron chi connectivity index (χ0n) is 12.0. The van der Waals surface area contributed by atoms with E-state index >= 15 is 0 Å². The number of hydrogen-bond donors (Lipinski definition) is 1. The molecule has 0 aromatic heterocycles. The standard InChI is InChI=1S/C14H20N2O3S.ClH/c1-11(17)12-5-4-7-14(9-12)20(18,19)16-8-3-2-6-13(16)10-15;/h4-5,7,9,13H,2-3,6,8,10,15H2,1H3;1H. The summed E-state index contributed by atoms with van der Waals surface area (Å²) in [6.07, 6.45) is 2.64. The Morgan fingerprint density at radius 1 is 1.38 bits per heavy atom. The lowest BCUT2D eigenvalue weighted by Gasteiger charge is -2.33. The Bertz CT molecular complexity index is 604. The van der Waals surface area contributed by atoms with Gasteiger partial charge in [-0.15, -0.1) is 12.4 Å². The molecule has 0 bridgehead atoms. The number of Topliss-reactive ketones (excluding diaryl/α,β-unsaturated/α-hetero) is 1. The number of halogens is 1. The van der Waals surface area contributed by atoms with Crippen molar-refractivity contribution in [2.75, 3.05) is 13.1 Å². The second-order valence-electron chi connectivity index (χ2n) is 5.09. The number of rotatable bonds is 4. The molecule has 7 heteroatoms. The fourth-order valence-corrected chi connectivity index (χ4v) is 4.29. The van der Waals surface area contributed by atoms with Crippen molar-refractivity contribution in [3.05, 3.63) is 29.8 Å². The van der Waals surface area contributed by atoms with Gasteiger partial charge in [-0.2, -0.15) is 4.31 Å². The third-order valence-electron chi connectivity index (χ3n) is 3.69. The molecule has 1 aromatic rings. The van der Waals surface area contributed by atoms with E-state index in [9.17, 15) is 13.2 Å². The van der Waals surface area contributed by atoms with Gasteiger partial charge in [0.1, 0.15) is 0 Å². The van der Waals surface area contributed by atoms with E-state index in [-0.39, 0.29) is 29.1 Å². The monoisotopic (exact) mass is 332 g/mol. The van der Waals surface area contributed by atoms with Gasteiger partial charge in [-0.3, -0.25) is 4.79 Å². The molecule has 1 aromatic carbocycles. The van der Waals surface area contributed by atoms with Gasteiger partial charge < -0.3 is 5.73 Å². The molecular formula is C14H21ClN2O3S. The zero-order chi connectivity index (χ0) is 14.8. The highest BCUT2D eigenvalue weighted by Gasteiger charge is 2.32. The summed E-state index contributed by atoms with van der Waals surface area (Å²) in [6, 6.07) is 6.06. The van der Waals surface area contributed by atoms with Crippen molar-refractivity contribution in [3.63, 3.8) is 0 Å². The number of benzene rings is 1. The normalized spacial score (nSPS) is 19.8. The van der Waals surface area contributed by atoms with Crippen molar-refractivity contribution < 1.29 is 13.2 Å². The van der Waals surface area contributed by atoms with Gasteiger partial charge in [0, 0.05) is 24.7 Å². The van der Waals surface area contributed by atoms with Crippen molar-refractivity contribution in [1.29, 1.82) is 0 Å². The van der Waals surface area contributed by atoms with Crippen LogP contribution in [0.1, 0.15) is 36.5 Å². The van der Waals surface area contributed by atoms with Gasteiger partial charge in [-0.25, -0.2) is 8.42 Å². The summed E-state index contributed by atoms with van der Waals surface area (Å²) in [6.45, 7) is 2.25. The quantitative estimate of drug-likeness (QED) is 0.853. The van der Waals surface area contributed by atoms with E-state index in [1.165, 1.54) is 23.4 Å². The summed E-state index contributed by atoms with van der Waals surface area (Å²) < 4.78 is 26.9. The maximum absolute atomic E-state index is 12.7. The first kappa shape index (κ1) is 18.1. The molecule has 21 heavy (non-hydrogen) atoms. The van der Waals surface area contributed by atoms with E-state index in [1.54, 1.807) is 12.1 Å². The Morgan fingerprint density at radius 3 is 2.71 bits per heavy atom. The summed E-state index contributed by atoms with van der Waals surface area (Å²) in [4.78, 5) is 11.6. The van der Waals surface area contributed by atoms with Crippen LogP contribution in [0, 0.1) is 0 Å². The van der Waals surface area contributed by atoms with Crippen LogP contribution in [-0.2, 0) is 10.0 Å². The molecule has 1 fully saturated rings. The van der Waals surface area contributed by atoms with Crippen LogP contribution in [0.2, 0.25) is 0 Å². The molecule has 2 N–H and O–H groups in total. The minimum atomic E-state index is -3.58. The van der Waals surface area contributed by atoms with E-state index in [2.05, 4.69) is 0 Å². The first-order valence-electron chi connectivity index (χ1n) is 6.79. The number of nitrogens with zero attached hydrogens (tertiary/aromatic N) is 1. The fourth-order valence-electron chi connectivity index (χ4n) is 2.54. The van der Waals surface area contributed by atoms with E-state index < -0.39 is 10.0 Å². The van der Waals surface area contributed by atoms with E-state index in [1.807, 2.05) is 0 Å². The number of ketones is 1. The summed E-state index contributed by atoms with van der Waals surface area (Å²) in [5, 5.41) is 0. The van der Waals surface area contributed by atoms with Crippen molar-refractivity contribution in [2.24, 2.45) is 5.73 Å². The van der Waals surface area contributed by atoms with E-state index in [0.717, 1.165) is 19.3 Å². The van der Waals surface area contributed by atoms with E-state index in [4.69, 9.17) is 5.73 Å². The largest absolute Gasteiger partial charge is 0.329 e. The minimum Gasteiger partial charge on any atom is -0.329 e. The molecule has 1 heterocycles. The number of carbonyl (C=O) groups excluding carboxylic acids is 1. The van der Waals surface area contributed by atoms with Gasteiger partial charge in [0.2, 0.25) is 10.0 Å². The lowest BCUT2D eigenvalue weighted by atomic mass is 10.1. The van der Waals surface area contributed by atoms with Crippen LogP contribution in [-0.4, -0.2) is 37.6 Å². The minimum absolute atomic E-state index is 0. The molecule has 0 aliphatic carbocycles. The Kier molecular flexibility index (Phi) is 6.34. The number of piperidine rings is 1. The third-order valence-corrected chi connectivity index (χ3v) is 5.64. The molecule has 0 radical (unpaired) electrons. The molecule has 2 rings (SSSR count). The summed E-state index contributed by atoms with van der Waals surface area (Å²) >= 11 is 0. The van der Waals surface area contributed by atoms with Crippen molar-refractivity contribution in [2.45, 2.75) is 37.1 Å². The van der Waals surface area contributed by atoms with E-state index in [0.29, 0.717) is 18.7 Å². The van der Waals surface area contributed by atoms with Crippen molar-refractivity contribution in [1.82, 2.24) is 4.31 Å². The molecule has 1 unspecified atom stereocenters. The van der Waals surface area contributed by atoms with Gasteiger partial charge in [0.25, 0.3) is 0 Å². The maximum atomic E-state index is 12.7. The molecule has 1 aliphatic rings. The van der Waals surface area contributed by atoms with Crippen LogP contribution in [0.15, 0.2) is 29.2 Å². The lowest BCUT2D eigenvalue weighted by Crippen LogP contribution is -2.47. The zero-order valence-corrected chi connectivity index (χ0v) is 13.6. The van der Waals surface area contributed by atoms with Crippen LogP contribution in [0.4, 0.5) is 0 Å². The Balaban J connectivity index is 0.00000220. The molecule has 5 nitrogen and oxygen atoms in total. The molecule has 0 saturated carbocycles. The average molecular weight is 333 g/mol. The molecule has 1 atom stereocenters. The molecule has 0 spiro atoms. The third kappa shape index (κ3) is 3.83. The van der Waals surface area contributed by atoms with Gasteiger partial charge in [-0.05, 0) is 31.9 Å². The maximum Gasteiger partial charge on any atom is 0.243 e. The average Bonchev–Trinajstić information content (AvgIpc) is 2.47. The highest BCUT2D eigenvalue weighted by Crippen LogP contribution is 2.25. The number of carbonyl (C=O) groups is 1. The summed E-state index contributed by atoms with van der Waals surface area (Å²) in [7, 11) is -3.58. The van der Waals surface area contributed by atoms with Crippen molar-refractivity contribution >= 4 is 28.2 Å². The smallest absolute Gasteiger partial charge is 0.243 e. The predicted molar refractivity (Wildman–Crippen MR) is 84.3 cm³/mol. The number of sulfonamides is 1. The van der Waals surface area contributed by atoms with Crippen LogP contribution in [0.5, 0.6) is 0 Å². The van der Waals surface area contributed by atoms with Gasteiger partial charge in [-0.1, -0.05) is 18.6 Å². The van der Waals surface area contributed by atoms with Gasteiger partial charge in [0.05, 0.1) is 4.90 Å². The van der Waals surface area contributed by atoms with Crippen molar-refractivity contribution in [3.8, 4) is 0 Å². The SMILES string of the molecule is CC(=O)c1cccc(S(=O)(=O)N2CCCCC2CN)c1.Cl. The van der Waals surface area contributed by atoms with Crippen LogP contribution in [0.25, 0.3) is 0 Å². The summed E-state index contributed by atoms with van der Waals surface area (Å²) in [5.74, 6) is -0.143. The Morgan fingerprint density at radius 2 is 2.10 bits per heavy atom. The lowest BCUT2D eigenvalue weighted by molar-refractivity contribution is 0.101. The highest BCUT2D eigenvalue weighted by atomic mass is 35.5. The second-order valence-corrected chi connectivity index (χ2v) is 6.98. The first-order chi connectivity index (χ1) is 9.46.